The number of benzene rings is 1. The summed E-state index contributed by atoms with van der Waals surface area (Å²) in [4.78, 5) is 11.9. The number of nitrogens with zero attached hydrogens (tertiary/aromatic N) is 1. The van der Waals surface area contributed by atoms with E-state index in [9.17, 15) is 4.79 Å². The lowest BCUT2D eigenvalue weighted by Gasteiger charge is -2.10. The number of thiocarbonyl (C=S) groups is 1. The standard InChI is InChI=1S/C17H19N3O4S/c1-11(2)19-17(25)20-18-10-12-6-7-13(15(9-12)22-3)24-16(21)14-5-4-8-23-14/h4-11H,1-3H3,(H2,19,20,25)/b18-10-. The van der Waals surface area contributed by atoms with Crippen molar-refractivity contribution in [3.05, 3.63) is 47.9 Å². The maximum atomic E-state index is 11.9. The topological polar surface area (TPSA) is 85.1 Å². The van der Waals surface area contributed by atoms with E-state index >= 15 is 0 Å². The number of nitrogens with one attached hydrogen (secondary N) is 2. The van der Waals surface area contributed by atoms with Crippen LogP contribution >= 0.6 is 12.2 Å². The van der Waals surface area contributed by atoms with Crippen LogP contribution in [0.5, 0.6) is 11.5 Å². The fraction of sp³-hybridized carbons (Fsp3) is 0.235. The van der Waals surface area contributed by atoms with E-state index in [4.69, 9.17) is 26.1 Å². The van der Waals surface area contributed by atoms with Crippen LogP contribution < -0.4 is 20.2 Å². The van der Waals surface area contributed by atoms with Crippen molar-refractivity contribution in [1.82, 2.24) is 10.7 Å². The van der Waals surface area contributed by atoms with Gasteiger partial charge in [0, 0.05) is 6.04 Å². The van der Waals surface area contributed by atoms with Gasteiger partial charge in [0.1, 0.15) is 0 Å². The van der Waals surface area contributed by atoms with E-state index in [2.05, 4.69) is 15.8 Å². The monoisotopic (exact) mass is 361 g/mol. The minimum absolute atomic E-state index is 0.114. The number of rotatable bonds is 6. The van der Waals surface area contributed by atoms with Crippen molar-refractivity contribution in [3.8, 4) is 11.5 Å². The van der Waals surface area contributed by atoms with E-state index in [0.29, 0.717) is 10.9 Å². The van der Waals surface area contributed by atoms with Gasteiger partial charge in [-0.25, -0.2) is 4.79 Å². The highest BCUT2D eigenvalue weighted by Gasteiger charge is 2.14. The molecule has 1 aromatic carbocycles. The van der Waals surface area contributed by atoms with E-state index in [1.165, 1.54) is 19.4 Å². The largest absolute Gasteiger partial charge is 0.493 e. The predicted octanol–water partition coefficient (Wildman–Crippen LogP) is 2.71. The minimum atomic E-state index is -0.600. The number of hydrazone groups is 1. The predicted molar refractivity (Wildman–Crippen MR) is 98.3 cm³/mol. The molecule has 0 radical (unpaired) electrons. The molecular formula is C17H19N3O4S. The fourth-order valence-corrected chi connectivity index (χ4v) is 2.14. The van der Waals surface area contributed by atoms with E-state index in [0.717, 1.165) is 5.56 Å². The van der Waals surface area contributed by atoms with Crippen molar-refractivity contribution in [2.75, 3.05) is 7.11 Å². The molecule has 0 saturated heterocycles. The highest BCUT2D eigenvalue weighted by atomic mass is 32.1. The molecule has 1 heterocycles. The number of hydrogen-bond donors (Lipinski definition) is 2. The Labute approximate surface area is 151 Å². The van der Waals surface area contributed by atoms with Gasteiger partial charge in [-0.3, -0.25) is 5.43 Å². The Balaban J connectivity index is 2.03. The summed E-state index contributed by atoms with van der Waals surface area (Å²) in [6.07, 6.45) is 2.98. The number of carbonyl (C=O) groups is 1. The molecule has 0 aliphatic rings. The molecule has 8 heteroatoms. The molecule has 25 heavy (non-hydrogen) atoms. The average Bonchev–Trinajstić information content (AvgIpc) is 3.10. The SMILES string of the molecule is COc1cc(/C=N\NC(=S)NC(C)C)ccc1OC(=O)c1ccco1. The van der Waals surface area contributed by atoms with Gasteiger partial charge < -0.3 is 19.2 Å². The first-order valence-corrected chi connectivity index (χ1v) is 7.93. The molecule has 2 N–H and O–H groups in total. The lowest BCUT2D eigenvalue weighted by Crippen LogP contribution is -2.36. The lowest BCUT2D eigenvalue weighted by molar-refractivity contribution is 0.0696. The highest BCUT2D eigenvalue weighted by molar-refractivity contribution is 7.80. The molecule has 2 aromatic rings. The van der Waals surface area contributed by atoms with Gasteiger partial charge in [0.2, 0.25) is 5.76 Å². The van der Waals surface area contributed by atoms with Crippen molar-refractivity contribution >= 4 is 29.5 Å². The molecule has 0 unspecified atom stereocenters. The molecule has 0 bridgehead atoms. The van der Waals surface area contributed by atoms with Gasteiger partial charge in [-0.05, 0) is 62.0 Å². The highest BCUT2D eigenvalue weighted by Crippen LogP contribution is 2.28. The summed E-state index contributed by atoms with van der Waals surface area (Å²) in [5.41, 5.74) is 3.46. The first kappa shape index (κ1) is 18.5. The minimum Gasteiger partial charge on any atom is -0.493 e. The zero-order valence-electron chi connectivity index (χ0n) is 14.1. The Morgan fingerprint density at radius 1 is 1.32 bits per heavy atom. The van der Waals surface area contributed by atoms with Crippen molar-refractivity contribution in [2.24, 2.45) is 5.10 Å². The second kappa shape index (κ2) is 8.84. The maximum Gasteiger partial charge on any atom is 0.379 e. The fourth-order valence-electron chi connectivity index (χ4n) is 1.85. The summed E-state index contributed by atoms with van der Waals surface area (Å²) in [5.74, 6) is 0.192. The van der Waals surface area contributed by atoms with Crippen LogP contribution in [0.3, 0.4) is 0 Å². The van der Waals surface area contributed by atoms with Gasteiger partial charge in [-0.2, -0.15) is 5.10 Å². The van der Waals surface area contributed by atoms with Crippen LogP contribution in [-0.2, 0) is 0 Å². The summed E-state index contributed by atoms with van der Waals surface area (Å²) in [7, 11) is 1.49. The van der Waals surface area contributed by atoms with Crippen LogP contribution in [0.4, 0.5) is 0 Å². The van der Waals surface area contributed by atoms with Crippen LogP contribution in [-0.4, -0.2) is 30.4 Å². The molecule has 2 rings (SSSR count). The second-order valence-corrected chi connectivity index (χ2v) is 5.68. The van der Waals surface area contributed by atoms with Gasteiger partial charge >= 0.3 is 5.97 Å². The van der Waals surface area contributed by atoms with E-state index < -0.39 is 5.97 Å². The molecular weight excluding hydrogens is 342 g/mol. The third kappa shape index (κ3) is 5.61. The number of furan rings is 1. The summed E-state index contributed by atoms with van der Waals surface area (Å²) in [5, 5.41) is 7.49. The smallest absolute Gasteiger partial charge is 0.379 e. The maximum absolute atomic E-state index is 11.9. The molecule has 0 fully saturated rings. The van der Waals surface area contributed by atoms with E-state index in [1.807, 2.05) is 13.8 Å². The molecule has 0 amide bonds. The molecule has 0 saturated carbocycles. The lowest BCUT2D eigenvalue weighted by atomic mass is 10.2. The van der Waals surface area contributed by atoms with Crippen LogP contribution in [0.1, 0.15) is 30.0 Å². The Bertz CT molecular complexity index is 757. The number of carbonyl (C=O) groups excluding carboxylic acids is 1. The van der Waals surface area contributed by atoms with Gasteiger partial charge in [-0.15, -0.1) is 0 Å². The van der Waals surface area contributed by atoms with Crippen molar-refractivity contribution < 1.29 is 18.7 Å². The van der Waals surface area contributed by atoms with Gasteiger partial charge in [0.25, 0.3) is 0 Å². The molecule has 0 spiro atoms. The van der Waals surface area contributed by atoms with Crippen molar-refractivity contribution in [1.29, 1.82) is 0 Å². The van der Waals surface area contributed by atoms with Gasteiger partial charge in [0.15, 0.2) is 16.6 Å². The number of ether oxygens (including phenoxy) is 2. The summed E-state index contributed by atoms with van der Waals surface area (Å²) < 4.78 is 15.5. The van der Waals surface area contributed by atoms with E-state index in [1.54, 1.807) is 30.5 Å². The van der Waals surface area contributed by atoms with Gasteiger partial charge in [-0.1, -0.05) is 0 Å². The van der Waals surface area contributed by atoms with Crippen molar-refractivity contribution in [2.45, 2.75) is 19.9 Å². The summed E-state index contributed by atoms with van der Waals surface area (Å²) >= 11 is 5.07. The van der Waals surface area contributed by atoms with Crippen LogP contribution in [0.2, 0.25) is 0 Å². The van der Waals surface area contributed by atoms with Crippen LogP contribution in [0.25, 0.3) is 0 Å². The molecule has 0 atom stereocenters. The Morgan fingerprint density at radius 3 is 2.76 bits per heavy atom. The summed E-state index contributed by atoms with van der Waals surface area (Å²) in [6, 6.07) is 8.39. The van der Waals surface area contributed by atoms with Crippen LogP contribution in [0, 0.1) is 0 Å². The molecule has 7 nitrogen and oxygen atoms in total. The number of hydrogen-bond acceptors (Lipinski definition) is 6. The number of methoxy groups -OCH3 is 1. The quantitative estimate of drug-likeness (QED) is 0.269. The normalized spacial score (nSPS) is 10.7. The molecule has 1 aromatic heterocycles. The molecule has 0 aliphatic heterocycles. The average molecular weight is 361 g/mol. The van der Waals surface area contributed by atoms with Crippen LogP contribution in [0.15, 0.2) is 46.1 Å². The molecule has 0 aliphatic carbocycles. The van der Waals surface area contributed by atoms with Crippen molar-refractivity contribution in [3.63, 3.8) is 0 Å². The zero-order valence-corrected chi connectivity index (χ0v) is 14.9. The third-order valence-electron chi connectivity index (χ3n) is 2.91. The van der Waals surface area contributed by atoms with Gasteiger partial charge in [0.05, 0.1) is 19.6 Å². The molecule has 132 valence electrons. The van der Waals surface area contributed by atoms with E-state index in [-0.39, 0.29) is 17.6 Å². The summed E-state index contributed by atoms with van der Waals surface area (Å²) in [6.45, 7) is 3.95. The third-order valence-corrected chi connectivity index (χ3v) is 3.12. The first-order chi connectivity index (χ1) is 12.0. The Kier molecular flexibility index (Phi) is 6.53. The Hall–Kier alpha value is -2.87. The first-order valence-electron chi connectivity index (χ1n) is 7.53. The Morgan fingerprint density at radius 2 is 2.12 bits per heavy atom. The zero-order chi connectivity index (χ0) is 18.2. The second-order valence-electron chi connectivity index (χ2n) is 5.28. The number of esters is 1.